The van der Waals surface area contributed by atoms with Crippen LogP contribution in [0.1, 0.15) is 51.9 Å². The molecular weight excluding hydrogens is 224 g/mol. The standard InChI is InChI=1S/C15H28N2O/c1-12-8-13(9-17(12)14-4-5-14)16-10-15(11-18)6-2-3-7-15/h12-14,16,18H,2-11H2,1H3. The lowest BCUT2D eigenvalue weighted by atomic mass is 9.87. The minimum Gasteiger partial charge on any atom is -0.396 e. The lowest BCUT2D eigenvalue weighted by Crippen LogP contribution is -2.41. The predicted octanol–water partition coefficient (Wildman–Crippen LogP) is 1.75. The van der Waals surface area contributed by atoms with Crippen LogP contribution in [-0.4, -0.2) is 47.8 Å². The fraction of sp³-hybridized carbons (Fsp3) is 1.00. The molecule has 3 aliphatic rings. The molecule has 2 saturated carbocycles. The molecule has 2 atom stereocenters. The highest BCUT2D eigenvalue weighted by Gasteiger charge is 2.40. The summed E-state index contributed by atoms with van der Waals surface area (Å²) in [5.41, 5.74) is 0.205. The normalized spacial score (nSPS) is 36.3. The van der Waals surface area contributed by atoms with Crippen LogP contribution in [0.4, 0.5) is 0 Å². The Balaban J connectivity index is 1.48. The van der Waals surface area contributed by atoms with Gasteiger partial charge in [0, 0.05) is 43.2 Å². The zero-order valence-corrected chi connectivity index (χ0v) is 11.7. The van der Waals surface area contributed by atoms with E-state index in [1.165, 1.54) is 51.5 Å². The zero-order chi connectivity index (χ0) is 12.6. The Bertz CT molecular complexity index is 284. The van der Waals surface area contributed by atoms with Crippen molar-refractivity contribution in [2.75, 3.05) is 19.7 Å². The molecule has 0 amide bonds. The molecule has 3 heteroatoms. The molecule has 3 nitrogen and oxygen atoms in total. The van der Waals surface area contributed by atoms with Gasteiger partial charge in [-0.05, 0) is 39.0 Å². The molecule has 0 spiro atoms. The molecule has 1 heterocycles. The highest BCUT2D eigenvalue weighted by atomic mass is 16.3. The van der Waals surface area contributed by atoms with Crippen LogP contribution >= 0.6 is 0 Å². The SMILES string of the molecule is CC1CC(NCC2(CO)CCCC2)CN1C1CC1. The van der Waals surface area contributed by atoms with E-state index in [2.05, 4.69) is 17.1 Å². The van der Waals surface area contributed by atoms with E-state index in [1.807, 2.05) is 0 Å². The van der Waals surface area contributed by atoms with Gasteiger partial charge in [-0.25, -0.2) is 0 Å². The maximum Gasteiger partial charge on any atom is 0.0499 e. The van der Waals surface area contributed by atoms with Crippen molar-refractivity contribution in [3.05, 3.63) is 0 Å². The number of hydrogen-bond acceptors (Lipinski definition) is 3. The van der Waals surface area contributed by atoms with Gasteiger partial charge in [-0.15, -0.1) is 0 Å². The molecule has 104 valence electrons. The second-order valence-corrected chi connectivity index (χ2v) is 6.96. The number of rotatable bonds is 5. The Labute approximate surface area is 111 Å². The smallest absolute Gasteiger partial charge is 0.0499 e. The Hall–Kier alpha value is -0.120. The summed E-state index contributed by atoms with van der Waals surface area (Å²) in [5, 5.41) is 13.4. The number of aliphatic hydroxyl groups is 1. The highest BCUT2D eigenvalue weighted by Crippen LogP contribution is 2.38. The number of likely N-dealkylation sites (tertiary alicyclic amines) is 1. The molecule has 2 aliphatic carbocycles. The maximum atomic E-state index is 9.64. The zero-order valence-electron chi connectivity index (χ0n) is 11.7. The fourth-order valence-corrected chi connectivity index (χ4v) is 4.00. The van der Waals surface area contributed by atoms with Crippen molar-refractivity contribution in [1.82, 2.24) is 10.2 Å². The number of nitrogens with zero attached hydrogens (tertiary/aromatic N) is 1. The number of hydrogen-bond donors (Lipinski definition) is 2. The molecule has 3 fully saturated rings. The molecule has 0 radical (unpaired) electrons. The molecule has 18 heavy (non-hydrogen) atoms. The third kappa shape index (κ3) is 2.59. The lowest BCUT2D eigenvalue weighted by Gasteiger charge is -2.28. The van der Waals surface area contributed by atoms with Gasteiger partial charge in [0.2, 0.25) is 0 Å². The summed E-state index contributed by atoms with van der Waals surface area (Å²) in [6.07, 6.45) is 9.15. The summed E-state index contributed by atoms with van der Waals surface area (Å²) in [5.74, 6) is 0. The highest BCUT2D eigenvalue weighted by molar-refractivity contribution is 4.97. The molecule has 1 aliphatic heterocycles. The monoisotopic (exact) mass is 252 g/mol. The van der Waals surface area contributed by atoms with Gasteiger partial charge in [0.1, 0.15) is 0 Å². The Kier molecular flexibility index (Phi) is 3.65. The average molecular weight is 252 g/mol. The van der Waals surface area contributed by atoms with Crippen molar-refractivity contribution in [3.8, 4) is 0 Å². The van der Waals surface area contributed by atoms with E-state index in [9.17, 15) is 5.11 Å². The molecule has 0 aromatic rings. The summed E-state index contributed by atoms with van der Waals surface area (Å²) in [6, 6.07) is 2.30. The largest absolute Gasteiger partial charge is 0.396 e. The van der Waals surface area contributed by atoms with Crippen molar-refractivity contribution >= 4 is 0 Å². The van der Waals surface area contributed by atoms with E-state index in [0.717, 1.165) is 18.6 Å². The van der Waals surface area contributed by atoms with E-state index >= 15 is 0 Å². The third-order valence-electron chi connectivity index (χ3n) is 5.40. The first-order valence-corrected chi connectivity index (χ1v) is 7.82. The fourth-order valence-electron chi connectivity index (χ4n) is 4.00. The minimum absolute atomic E-state index is 0.205. The van der Waals surface area contributed by atoms with Gasteiger partial charge in [0.05, 0.1) is 0 Å². The molecule has 0 aromatic carbocycles. The predicted molar refractivity (Wildman–Crippen MR) is 73.6 cm³/mol. The maximum absolute atomic E-state index is 9.64. The van der Waals surface area contributed by atoms with E-state index < -0.39 is 0 Å². The second-order valence-electron chi connectivity index (χ2n) is 6.96. The van der Waals surface area contributed by atoms with Crippen LogP contribution in [-0.2, 0) is 0 Å². The first kappa shape index (κ1) is 12.9. The molecule has 0 aromatic heterocycles. The molecule has 3 rings (SSSR count). The molecular formula is C15H28N2O. The first-order chi connectivity index (χ1) is 8.72. The number of aliphatic hydroxyl groups excluding tert-OH is 1. The molecule has 2 unspecified atom stereocenters. The summed E-state index contributed by atoms with van der Waals surface area (Å²) in [6.45, 7) is 5.00. The van der Waals surface area contributed by atoms with E-state index in [-0.39, 0.29) is 5.41 Å². The molecule has 2 N–H and O–H groups in total. The third-order valence-corrected chi connectivity index (χ3v) is 5.40. The summed E-state index contributed by atoms with van der Waals surface area (Å²) >= 11 is 0. The van der Waals surface area contributed by atoms with Crippen LogP contribution in [0.5, 0.6) is 0 Å². The lowest BCUT2D eigenvalue weighted by molar-refractivity contribution is 0.124. The van der Waals surface area contributed by atoms with Gasteiger partial charge in [-0.3, -0.25) is 4.90 Å². The van der Waals surface area contributed by atoms with Crippen LogP contribution in [0.3, 0.4) is 0 Å². The van der Waals surface area contributed by atoms with Crippen molar-refractivity contribution < 1.29 is 5.11 Å². The quantitative estimate of drug-likeness (QED) is 0.782. The Morgan fingerprint density at radius 1 is 1.28 bits per heavy atom. The van der Waals surface area contributed by atoms with Crippen molar-refractivity contribution in [2.45, 2.75) is 70.0 Å². The van der Waals surface area contributed by atoms with Crippen LogP contribution in [0.2, 0.25) is 0 Å². The summed E-state index contributed by atoms with van der Waals surface area (Å²) in [7, 11) is 0. The first-order valence-electron chi connectivity index (χ1n) is 7.82. The summed E-state index contributed by atoms with van der Waals surface area (Å²) < 4.78 is 0. The van der Waals surface area contributed by atoms with Gasteiger partial charge in [-0.1, -0.05) is 12.8 Å². The van der Waals surface area contributed by atoms with E-state index in [0.29, 0.717) is 12.6 Å². The minimum atomic E-state index is 0.205. The van der Waals surface area contributed by atoms with Crippen LogP contribution in [0.15, 0.2) is 0 Å². The van der Waals surface area contributed by atoms with Gasteiger partial charge in [0.25, 0.3) is 0 Å². The van der Waals surface area contributed by atoms with Crippen LogP contribution < -0.4 is 5.32 Å². The van der Waals surface area contributed by atoms with Crippen molar-refractivity contribution in [1.29, 1.82) is 0 Å². The van der Waals surface area contributed by atoms with E-state index in [4.69, 9.17) is 0 Å². The van der Waals surface area contributed by atoms with Gasteiger partial charge >= 0.3 is 0 Å². The van der Waals surface area contributed by atoms with Gasteiger partial charge in [-0.2, -0.15) is 0 Å². The Morgan fingerprint density at radius 3 is 2.61 bits per heavy atom. The molecule has 1 saturated heterocycles. The van der Waals surface area contributed by atoms with Crippen LogP contribution in [0, 0.1) is 5.41 Å². The van der Waals surface area contributed by atoms with Crippen molar-refractivity contribution in [3.63, 3.8) is 0 Å². The van der Waals surface area contributed by atoms with Gasteiger partial charge < -0.3 is 10.4 Å². The van der Waals surface area contributed by atoms with Gasteiger partial charge in [0.15, 0.2) is 0 Å². The van der Waals surface area contributed by atoms with E-state index in [1.54, 1.807) is 0 Å². The topological polar surface area (TPSA) is 35.5 Å². The number of nitrogens with one attached hydrogen (secondary N) is 1. The van der Waals surface area contributed by atoms with Crippen molar-refractivity contribution in [2.24, 2.45) is 5.41 Å². The second kappa shape index (κ2) is 5.10. The average Bonchev–Trinajstić information content (AvgIpc) is 2.99. The van der Waals surface area contributed by atoms with Crippen LogP contribution in [0.25, 0.3) is 0 Å². The molecule has 0 bridgehead atoms. The Morgan fingerprint density at radius 2 is 2.00 bits per heavy atom. The summed E-state index contributed by atoms with van der Waals surface area (Å²) in [4.78, 5) is 2.69.